The van der Waals surface area contributed by atoms with Gasteiger partial charge in [0.2, 0.25) is 0 Å². The van der Waals surface area contributed by atoms with E-state index in [-0.39, 0.29) is 11.6 Å². The highest BCUT2D eigenvalue weighted by Gasteiger charge is 2.11. The third-order valence-corrected chi connectivity index (χ3v) is 2.66. The number of hydrogen-bond acceptors (Lipinski definition) is 4. The normalized spacial score (nSPS) is 10.3. The van der Waals surface area contributed by atoms with Crippen LogP contribution < -0.4 is 16.2 Å². The summed E-state index contributed by atoms with van der Waals surface area (Å²) >= 11 is 0. The fraction of sp³-hybridized carbons (Fsp3) is 0.154. The van der Waals surface area contributed by atoms with Gasteiger partial charge in [0, 0.05) is 12.7 Å². The molecule has 19 heavy (non-hydrogen) atoms. The third-order valence-electron chi connectivity index (χ3n) is 2.66. The van der Waals surface area contributed by atoms with Gasteiger partial charge in [-0.1, -0.05) is 6.07 Å². The lowest BCUT2D eigenvalue weighted by molar-refractivity contribution is 0.0924. The monoisotopic (exact) mass is 263 g/mol. The molecular weight excluding hydrogens is 249 g/mol. The summed E-state index contributed by atoms with van der Waals surface area (Å²) < 4.78 is 18.4. The molecule has 1 heterocycles. The maximum atomic E-state index is 13.1. The van der Waals surface area contributed by atoms with Gasteiger partial charge < -0.3 is 9.32 Å². The van der Waals surface area contributed by atoms with Crippen molar-refractivity contribution < 1.29 is 13.6 Å². The number of nitrogens with one attached hydrogen (secondary N) is 1. The van der Waals surface area contributed by atoms with Crippen molar-refractivity contribution in [3.63, 3.8) is 0 Å². The van der Waals surface area contributed by atoms with Gasteiger partial charge in [0.15, 0.2) is 5.76 Å². The molecule has 3 N–H and O–H groups in total. The second-order valence-electron chi connectivity index (χ2n) is 4.08. The van der Waals surface area contributed by atoms with Gasteiger partial charge in [-0.3, -0.25) is 10.2 Å². The quantitative estimate of drug-likeness (QED) is 0.500. The maximum absolute atomic E-state index is 13.1. The first-order valence-corrected chi connectivity index (χ1v) is 5.66. The van der Waals surface area contributed by atoms with E-state index in [0.29, 0.717) is 12.3 Å². The molecule has 5 nitrogen and oxygen atoms in total. The van der Waals surface area contributed by atoms with E-state index in [1.54, 1.807) is 25.2 Å². The number of hydrogen-bond donors (Lipinski definition) is 2. The molecule has 0 bridgehead atoms. The van der Waals surface area contributed by atoms with Crippen molar-refractivity contribution in [2.75, 3.05) is 11.9 Å². The fourth-order valence-electron chi connectivity index (χ4n) is 1.69. The molecule has 1 amide bonds. The molecule has 1 aromatic heterocycles. The van der Waals surface area contributed by atoms with Crippen molar-refractivity contribution in [1.29, 1.82) is 0 Å². The number of halogens is 1. The van der Waals surface area contributed by atoms with Crippen LogP contribution in [0.15, 0.2) is 40.8 Å². The first kappa shape index (κ1) is 13.1. The summed E-state index contributed by atoms with van der Waals surface area (Å²) in [5.41, 5.74) is 2.71. The molecule has 0 radical (unpaired) electrons. The van der Waals surface area contributed by atoms with Gasteiger partial charge in [0.05, 0.1) is 6.54 Å². The zero-order valence-electron chi connectivity index (χ0n) is 10.4. The Morgan fingerprint density at radius 2 is 2.21 bits per heavy atom. The standard InChI is InChI=1S/C13H14FN3O2/c1-17(10-4-2-3-9(14)7-10)8-11-5-6-12(19-11)13(18)16-15/h2-7H,8,15H2,1H3,(H,16,18). The van der Waals surface area contributed by atoms with E-state index in [4.69, 9.17) is 10.3 Å². The van der Waals surface area contributed by atoms with Crippen LogP contribution >= 0.6 is 0 Å². The number of benzene rings is 1. The molecule has 0 aliphatic rings. The minimum Gasteiger partial charge on any atom is -0.454 e. The van der Waals surface area contributed by atoms with Crippen molar-refractivity contribution in [3.8, 4) is 0 Å². The Kier molecular flexibility index (Phi) is 3.82. The molecule has 0 spiro atoms. The number of amides is 1. The van der Waals surface area contributed by atoms with E-state index in [1.165, 1.54) is 18.2 Å². The van der Waals surface area contributed by atoms with Gasteiger partial charge in [-0.15, -0.1) is 0 Å². The summed E-state index contributed by atoms with van der Waals surface area (Å²) in [4.78, 5) is 13.0. The molecule has 0 saturated heterocycles. The van der Waals surface area contributed by atoms with E-state index in [9.17, 15) is 9.18 Å². The van der Waals surface area contributed by atoms with Gasteiger partial charge in [0.25, 0.3) is 0 Å². The molecule has 0 aliphatic carbocycles. The fourth-order valence-corrected chi connectivity index (χ4v) is 1.69. The third kappa shape index (κ3) is 3.11. The summed E-state index contributed by atoms with van der Waals surface area (Å²) in [5, 5.41) is 0. The number of nitrogen functional groups attached to an aromatic ring is 1. The lowest BCUT2D eigenvalue weighted by atomic mass is 10.3. The molecule has 0 aliphatic heterocycles. The Hall–Kier alpha value is -2.34. The molecule has 0 fully saturated rings. The topological polar surface area (TPSA) is 71.5 Å². The highest BCUT2D eigenvalue weighted by molar-refractivity contribution is 5.90. The number of anilines is 1. The second-order valence-corrected chi connectivity index (χ2v) is 4.08. The minimum absolute atomic E-state index is 0.144. The lowest BCUT2D eigenvalue weighted by Crippen LogP contribution is -2.29. The smallest absolute Gasteiger partial charge is 0.300 e. The average molecular weight is 263 g/mol. The SMILES string of the molecule is CN(Cc1ccc(C(=O)NN)o1)c1cccc(F)c1. The molecule has 2 rings (SSSR count). The summed E-state index contributed by atoms with van der Waals surface area (Å²) in [6.07, 6.45) is 0. The molecule has 100 valence electrons. The van der Waals surface area contributed by atoms with E-state index in [2.05, 4.69) is 0 Å². The van der Waals surface area contributed by atoms with Crippen LogP contribution in [0.3, 0.4) is 0 Å². The molecular formula is C13H14FN3O2. The van der Waals surface area contributed by atoms with Crippen LogP contribution in [0.4, 0.5) is 10.1 Å². The van der Waals surface area contributed by atoms with Gasteiger partial charge in [-0.25, -0.2) is 10.2 Å². The van der Waals surface area contributed by atoms with Crippen molar-refractivity contribution in [1.82, 2.24) is 5.43 Å². The van der Waals surface area contributed by atoms with Crippen LogP contribution in [-0.4, -0.2) is 13.0 Å². The van der Waals surface area contributed by atoms with Crippen LogP contribution in [0, 0.1) is 5.82 Å². The van der Waals surface area contributed by atoms with Crippen molar-refractivity contribution in [3.05, 3.63) is 53.7 Å². The number of hydrazine groups is 1. The molecule has 0 saturated carbocycles. The summed E-state index contributed by atoms with van der Waals surface area (Å²) in [6.45, 7) is 0.418. The first-order valence-electron chi connectivity index (χ1n) is 5.66. The van der Waals surface area contributed by atoms with Gasteiger partial charge in [-0.2, -0.15) is 0 Å². The number of nitrogens with two attached hydrogens (primary N) is 1. The van der Waals surface area contributed by atoms with Crippen molar-refractivity contribution >= 4 is 11.6 Å². The van der Waals surface area contributed by atoms with Gasteiger partial charge in [-0.05, 0) is 30.3 Å². The predicted octanol–water partition coefficient (Wildman–Crippen LogP) is 1.66. The number of rotatable bonds is 4. The van der Waals surface area contributed by atoms with E-state index in [0.717, 1.165) is 5.69 Å². The summed E-state index contributed by atoms with van der Waals surface area (Å²) in [5.74, 6) is 4.96. The Bertz CT molecular complexity index is 583. The summed E-state index contributed by atoms with van der Waals surface area (Å²) in [6, 6.07) is 9.46. The minimum atomic E-state index is -0.486. The average Bonchev–Trinajstić information content (AvgIpc) is 2.86. The van der Waals surface area contributed by atoms with Crippen molar-refractivity contribution in [2.45, 2.75) is 6.54 Å². The number of carbonyl (C=O) groups is 1. The Morgan fingerprint density at radius 1 is 1.42 bits per heavy atom. The molecule has 0 atom stereocenters. The van der Waals surface area contributed by atoms with Crippen LogP contribution in [0.5, 0.6) is 0 Å². The summed E-state index contributed by atoms with van der Waals surface area (Å²) in [7, 11) is 1.81. The maximum Gasteiger partial charge on any atom is 0.300 e. The number of carbonyl (C=O) groups excluding carboxylic acids is 1. The highest BCUT2D eigenvalue weighted by atomic mass is 19.1. The van der Waals surface area contributed by atoms with Crippen LogP contribution in [0.1, 0.15) is 16.3 Å². The first-order chi connectivity index (χ1) is 9.10. The Morgan fingerprint density at radius 3 is 2.89 bits per heavy atom. The molecule has 2 aromatic rings. The largest absolute Gasteiger partial charge is 0.454 e. The molecule has 6 heteroatoms. The second kappa shape index (κ2) is 5.53. The predicted molar refractivity (Wildman–Crippen MR) is 68.9 cm³/mol. The van der Waals surface area contributed by atoms with Crippen LogP contribution in [0.2, 0.25) is 0 Å². The van der Waals surface area contributed by atoms with Gasteiger partial charge >= 0.3 is 5.91 Å². The van der Waals surface area contributed by atoms with E-state index >= 15 is 0 Å². The highest BCUT2D eigenvalue weighted by Crippen LogP contribution is 2.17. The van der Waals surface area contributed by atoms with Gasteiger partial charge in [0.1, 0.15) is 11.6 Å². The molecule has 0 unspecified atom stereocenters. The van der Waals surface area contributed by atoms with E-state index in [1.807, 2.05) is 10.3 Å². The van der Waals surface area contributed by atoms with Crippen LogP contribution in [0.25, 0.3) is 0 Å². The molecule has 1 aromatic carbocycles. The lowest BCUT2D eigenvalue weighted by Gasteiger charge is -2.17. The number of nitrogens with zero attached hydrogens (tertiary/aromatic N) is 1. The van der Waals surface area contributed by atoms with Crippen molar-refractivity contribution in [2.24, 2.45) is 5.84 Å². The zero-order chi connectivity index (χ0) is 13.8. The van der Waals surface area contributed by atoms with Crippen LogP contribution in [-0.2, 0) is 6.54 Å². The Balaban J connectivity index is 2.08. The number of furan rings is 1. The zero-order valence-corrected chi connectivity index (χ0v) is 10.4. The Labute approximate surface area is 109 Å². The van der Waals surface area contributed by atoms with E-state index < -0.39 is 5.91 Å².